The second-order valence-corrected chi connectivity index (χ2v) is 6.98. The molecular weight excluding hydrogens is 312 g/mol. The normalized spacial score (nSPS) is 16.4. The molecule has 2 aromatic rings. The van der Waals surface area contributed by atoms with Crippen molar-refractivity contribution < 1.29 is 4.79 Å². The van der Waals surface area contributed by atoms with E-state index >= 15 is 0 Å². The third-order valence-corrected chi connectivity index (χ3v) is 5.23. The Labute approximate surface area is 148 Å². The molecule has 0 unspecified atom stereocenters. The van der Waals surface area contributed by atoms with Crippen molar-refractivity contribution in [1.82, 2.24) is 14.9 Å². The standard InChI is InChI=1S/C20H24N4O/c1-14(25)15-5-6-17-16(11-15)12-18-19(17)20(23-13-22-18)21-7-10-24-8-3-2-4-9-24/h5-6,11,13H,2-4,7-10,12H2,1H3,(H,21,22,23). The second-order valence-electron chi connectivity index (χ2n) is 6.98. The number of piperidine rings is 1. The summed E-state index contributed by atoms with van der Waals surface area (Å²) in [4.78, 5) is 23.1. The van der Waals surface area contributed by atoms with Gasteiger partial charge in [0.15, 0.2) is 5.78 Å². The number of Topliss-reactive ketones (excluding diaryl/α,β-unsaturated/α-hetero) is 1. The van der Waals surface area contributed by atoms with Crippen LogP contribution in [0.5, 0.6) is 0 Å². The number of nitrogens with one attached hydrogen (secondary N) is 1. The Bertz CT molecular complexity index is 796. The van der Waals surface area contributed by atoms with Crippen LogP contribution in [0.25, 0.3) is 11.1 Å². The average Bonchev–Trinajstić information content (AvgIpc) is 3.01. The van der Waals surface area contributed by atoms with E-state index in [0.717, 1.165) is 47.7 Å². The first kappa shape index (κ1) is 16.2. The molecule has 4 rings (SSSR count). The Hall–Kier alpha value is -2.27. The minimum Gasteiger partial charge on any atom is -0.368 e. The van der Waals surface area contributed by atoms with Crippen LogP contribution in [0.15, 0.2) is 24.5 Å². The van der Waals surface area contributed by atoms with Gasteiger partial charge in [0.2, 0.25) is 0 Å². The van der Waals surface area contributed by atoms with Gasteiger partial charge in [-0.05, 0) is 50.0 Å². The number of ketones is 1. The molecule has 25 heavy (non-hydrogen) atoms. The lowest BCUT2D eigenvalue weighted by Crippen LogP contribution is -2.33. The van der Waals surface area contributed by atoms with Crippen LogP contribution in [0, 0.1) is 0 Å². The molecule has 1 fully saturated rings. The Kier molecular flexibility index (Phi) is 4.49. The molecule has 2 aliphatic rings. The summed E-state index contributed by atoms with van der Waals surface area (Å²) in [5, 5.41) is 3.51. The maximum absolute atomic E-state index is 11.6. The van der Waals surface area contributed by atoms with Gasteiger partial charge in [0.05, 0.1) is 5.69 Å². The summed E-state index contributed by atoms with van der Waals surface area (Å²) in [6.07, 6.45) is 6.40. The third-order valence-electron chi connectivity index (χ3n) is 5.23. The number of rotatable bonds is 5. The van der Waals surface area contributed by atoms with Crippen molar-refractivity contribution in [2.24, 2.45) is 0 Å². The number of carbonyl (C=O) groups is 1. The Balaban J connectivity index is 1.52. The van der Waals surface area contributed by atoms with Crippen molar-refractivity contribution in [3.8, 4) is 11.1 Å². The molecule has 2 heterocycles. The Morgan fingerprint density at radius 1 is 1.20 bits per heavy atom. The van der Waals surface area contributed by atoms with E-state index in [1.54, 1.807) is 13.3 Å². The van der Waals surface area contributed by atoms with E-state index in [1.165, 1.54) is 37.9 Å². The van der Waals surface area contributed by atoms with Crippen molar-refractivity contribution in [3.63, 3.8) is 0 Å². The van der Waals surface area contributed by atoms with Gasteiger partial charge in [0, 0.05) is 30.6 Å². The molecule has 1 N–H and O–H groups in total. The van der Waals surface area contributed by atoms with Gasteiger partial charge in [0.1, 0.15) is 12.1 Å². The minimum absolute atomic E-state index is 0.102. The molecule has 0 atom stereocenters. The van der Waals surface area contributed by atoms with Crippen molar-refractivity contribution in [2.75, 3.05) is 31.5 Å². The number of aromatic nitrogens is 2. The summed E-state index contributed by atoms with van der Waals surface area (Å²) in [5.41, 5.74) is 5.24. The lowest BCUT2D eigenvalue weighted by molar-refractivity contribution is 0.101. The van der Waals surface area contributed by atoms with Gasteiger partial charge in [-0.1, -0.05) is 18.6 Å². The molecule has 5 heteroatoms. The first-order valence-electron chi connectivity index (χ1n) is 9.17. The van der Waals surface area contributed by atoms with Crippen molar-refractivity contribution in [1.29, 1.82) is 0 Å². The summed E-state index contributed by atoms with van der Waals surface area (Å²) in [5.74, 6) is 1.01. The maximum atomic E-state index is 11.6. The number of benzene rings is 1. The van der Waals surface area contributed by atoms with E-state index in [9.17, 15) is 4.79 Å². The highest BCUT2D eigenvalue weighted by molar-refractivity contribution is 5.96. The molecule has 1 aliphatic carbocycles. The molecule has 0 amide bonds. The zero-order valence-corrected chi connectivity index (χ0v) is 14.7. The SMILES string of the molecule is CC(=O)c1ccc2c(c1)Cc1ncnc(NCCN3CCCCC3)c1-2. The van der Waals surface area contributed by atoms with Gasteiger partial charge in [-0.15, -0.1) is 0 Å². The highest BCUT2D eigenvalue weighted by Crippen LogP contribution is 2.39. The average molecular weight is 336 g/mol. The topological polar surface area (TPSA) is 58.1 Å². The van der Waals surface area contributed by atoms with Gasteiger partial charge in [-0.2, -0.15) is 0 Å². The van der Waals surface area contributed by atoms with E-state index < -0.39 is 0 Å². The van der Waals surface area contributed by atoms with Gasteiger partial charge in [0.25, 0.3) is 0 Å². The quantitative estimate of drug-likeness (QED) is 0.725. The number of fused-ring (bicyclic) bond motifs is 3. The van der Waals surface area contributed by atoms with E-state index in [0.29, 0.717) is 0 Å². The first-order chi connectivity index (χ1) is 12.2. The molecule has 0 bridgehead atoms. The molecule has 1 aromatic carbocycles. The molecule has 1 aromatic heterocycles. The molecule has 130 valence electrons. The van der Waals surface area contributed by atoms with Crippen LogP contribution >= 0.6 is 0 Å². The van der Waals surface area contributed by atoms with Crippen LogP contribution < -0.4 is 5.32 Å². The number of hydrogen-bond donors (Lipinski definition) is 1. The van der Waals surface area contributed by atoms with E-state index in [-0.39, 0.29) is 5.78 Å². The predicted octanol–water partition coefficient (Wildman–Crippen LogP) is 3.15. The lowest BCUT2D eigenvalue weighted by Gasteiger charge is -2.26. The van der Waals surface area contributed by atoms with Crippen molar-refractivity contribution >= 4 is 11.6 Å². The Morgan fingerprint density at radius 2 is 2.04 bits per heavy atom. The number of likely N-dealkylation sites (tertiary alicyclic amines) is 1. The minimum atomic E-state index is 0.102. The summed E-state index contributed by atoms with van der Waals surface area (Å²) in [6, 6.07) is 5.94. The molecule has 0 saturated carbocycles. The van der Waals surface area contributed by atoms with Crippen LogP contribution in [-0.4, -0.2) is 46.8 Å². The Morgan fingerprint density at radius 3 is 2.84 bits per heavy atom. The van der Waals surface area contributed by atoms with Gasteiger partial charge in [-0.25, -0.2) is 9.97 Å². The fourth-order valence-electron chi connectivity index (χ4n) is 3.87. The lowest BCUT2D eigenvalue weighted by atomic mass is 10.0. The summed E-state index contributed by atoms with van der Waals surface area (Å²) < 4.78 is 0. The fraction of sp³-hybridized carbons (Fsp3) is 0.450. The van der Waals surface area contributed by atoms with Gasteiger partial charge >= 0.3 is 0 Å². The van der Waals surface area contributed by atoms with Crippen LogP contribution in [0.2, 0.25) is 0 Å². The smallest absolute Gasteiger partial charge is 0.159 e. The molecule has 1 aliphatic heterocycles. The zero-order valence-electron chi connectivity index (χ0n) is 14.7. The second kappa shape index (κ2) is 6.92. The highest BCUT2D eigenvalue weighted by Gasteiger charge is 2.24. The molecule has 1 saturated heterocycles. The number of carbonyl (C=O) groups excluding carboxylic acids is 1. The van der Waals surface area contributed by atoms with E-state index in [2.05, 4.69) is 20.2 Å². The molecule has 0 spiro atoms. The zero-order chi connectivity index (χ0) is 17.2. The third kappa shape index (κ3) is 3.29. The molecular formula is C20H24N4O. The summed E-state index contributed by atoms with van der Waals surface area (Å²) in [7, 11) is 0. The molecule has 5 nitrogen and oxygen atoms in total. The highest BCUT2D eigenvalue weighted by atomic mass is 16.1. The fourth-order valence-corrected chi connectivity index (χ4v) is 3.87. The summed E-state index contributed by atoms with van der Waals surface area (Å²) >= 11 is 0. The van der Waals surface area contributed by atoms with Gasteiger partial charge < -0.3 is 10.2 Å². The first-order valence-corrected chi connectivity index (χ1v) is 9.17. The van der Waals surface area contributed by atoms with Crippen LogP contribution in [0.1, 0.15) is 47.8 Å². The van der Waals surface area contributed by atoms with E-state index in [4.69, 9.17) is 0 Å². The number of hydrogen-bond acceptors (Lipinski definition) is 5. The van der Waals surface area contributed by atoms with Crippen molar-refractivity contribution in [2.45, 2.75) is 32.6 Å². The maximum Gasteiger partial charge on any atom is 0.159 e. The monoisotopic (exact) mass is 336 g/mol. The summed E-state index contributed by atoms with van der Waals surface area (Å²) in [6.45, 7) is 5.97. The van der Waals surface area contributed by atoms with Crippen LogP contribution in [0.3, 0.4) is 0 Å². The van der Waals surface area contributed by atoms with Crippen LogP contribution in [-0.2, 0) is 6.42 Å². The largest absolute Gasteiger partial charge is 0.368 e. The number of nitrogens with zero attached hydrogens (tertiary/aromatic N) is 3. The molecule has 0 radical (unpaired) electrons. The van der Waals surface area contributed by atoms with Crippen molar-refractivity contribution in [3.05, 3.63) is 41.3 Å². The van der Waals surface area contributed by atoms with Gasteiger partial charge in [-0.3, -0.25) is 4.79 Å². The number of anilines is 1. The van der Waals surface area contributed by atoms with Crippen LogP contribution in [0.4, 0.5) is 5.82 Å². The van der Waals surface area contributed by atoms with E-state index in [1.807, 2.05) is 18.2 Å². The predicted molar refractivity (Wildman–Crippen MR) is 99.1 cm³/mol.